The number of nitrogens with two attached hydrogens (primary N) is 1. The molecule has 0 aliphatic carbocycles. The lowest BCUT2D eigenvalue weighted by Crippen LogP contribution is -2.56. The summed E-state index contributed by atoms with van der Waals surface area (Å²) in [6.45, 7) is 5.14. The zero-order valence-electron chi connectivity index (χ0n) is 14.7. The number of hydrogen-bond acceptors (Lipinski definition) is 5. The Morgan fingerprint density at radius 3 is 3.00 bits per heavy atom. The summed E-state index contributed by atoms with van der Waals surface area (Å²) in [6.07, 6.45) is 0.119. The molecule has 2 N–H and O–H groups in total. The number of carbonyl (C=O) groups is 1. The molecular formula is C19H23ClN2O3S. The highest BCUT2D eigenvalue weighted by molar-refractivity contribution is 7.10. The Bertz CT molecular complexity index is 767. The van der Waals surface area contributed by atoms with E-state index in [0.29, 0.717) is 23.9 Å². The molecule has 0 bridgehead atoms. The number of hydrogen-bond donors (Lipinski definition) is 1. The molecule has 0 unspecified atom stereocenters. The van der Waals surface area contributed by atoms with Gasteiger partial charge in [0.2, 0.25) is 5.91 Å². The highest BCUT2D eigenvalue weighted by atomic mass is 35.5. The van der Waals surface area contributed by atoms with E-state index in [1.807, 2.05) is 12.1 Å². The Morgan fingerprint density at radius 1 is 1.46 bits per heavy atom. The number of thiophene rings is 1. The van der Waals surface area contributed by atoms with Crippen molar-refractivity contribution in [2.75, 3.05) is 26.3 Å². The van der Waals surface area contributed by atoms with E-state index in [1.54, 1.807) is 23.5 Å². The van der Waals surface area contributed by atoms with Gasteiger partial charge in [-0.25, -0.2) is 0 Å². The lowest BCUT2D eigenvalue weighted by molar-refractivity contribution is -0.148. The van der Waals surface area contributed by atoms with Gasteiger partial charge in [-0.15, -0.1) is 11.3 Å². The van der Waals surface area contributed by atoms with Crippen molar-refractivity contribution in [2.24, 2.45) is 5.73 Å². The molecule has 1 atom stereocenters. The van der Waals surface area contributed by atoms with Crippen LogP contribution in [0, 0.1) is 6.92 Å². The Balaban J connectivity index is 1.71. The Labute approximate surface area is 162 Å². The lowest BCUT2D eigenvalue weighted by Gasteiger charge is -2.42. The molecule has 1 saturated heterocycles. The maximum absolute atomic E-state index is 11.7. The van der Waals surface area contributed by atoms with Gasteiger partial charge in [-0.1, -0.05) is 17.7 Å². The Kier molecular flexibility index (Phi) is 6.19. The minimum Gasteiger partial charge on any atom is -0.490 e. The zero-order chi connectivity index (χ0) is 18.6. The van der Waals surface area contributed by atoms with Crippen LogP contribution < -0.4 is 10.5 Å². The molecule has 0 radical (unpaired) electrons. The van der Waals surface area contributed by atoms with Crippen molar-refractivity contribution >= 4 is 28.8 Å². The number of aryl methyl sites for hydroxylation is 1. The maximum Gasteiger partial charge on any atom is 0.220 e. The monoisotopic (exact) mass is 394 g/mol. The topological polar surface area (TPSA) is 64.8 Å². The summed E-state index contributed by atoms with van der Waals surface area (Å²) in [5.74, 6) is 0.255. The second-order valence-corrected chi connectivity index (χ2v) is 8.10. The molecule has 1 aliphatic heterocycles. The largest absolute Gasteiger partial charge is 0.490 e. The fourth-order valence-electron chi connectivity index (χ4n) is 3.16. The molecule has 1 fully saturated rings. The van der Waals surface area contributed by atoms with Gasteiger partial charge in [-0.3, -0.25) is 9.69 Å². The van der Waals surface area contributed by atoms with Crippen LogP contribution in [0.4, 0.5) is 0 Å². The van der Waals surface area contributed by atoms with E-state index in [2.05, 4.69) is 23.3 Å². The minimum absolute atomic E-state index is 0.119. The molecule has 0 saturated carbocycles. The van der Waals surface area contributed by atoms with E-state index in [4.69, 9.17) is 26.8 Å². The summed E-state index contributed by atoms with van der Waals surface area (Å²) in [4.78, 5) is 15.3. The summed E-state index contributed by atoms with van der Waals surface area (Å²) >= 11 is 7.76. The van der Waals surface area contributed by atoms with Gasteiger partial charge in [-0.2, -0.15) is 0 Å². The number of benzene rings is 1. The molecule has 26 heavy (non-hydrogen) atoms. The van der Waals surface area contributed by atoms with E-state index < -0.39 is 11.5 Å². The number of ether oxygens (including phenoxy) is 2. The lowest BCUT2D eigenvalue weighted by atomic mass is 9.97. The third-order valence-corrected chi connectivity index (χ3v) is 5.70. The van der Waals surface area contributed by atoms with Gasteiger partial charge < -0.3 is 15.2 Å². The highest BCUT2D eigenvalue weighted by Gasteiger charge is 2.39. The van der Waals surface area contributed by atoms with E-state index in [0.717, 1.165) is 13.1 Å². The van der Waals surface area contributed by atoms with Crippen LogP contribution in [0.3, 0.4) is 0 Å². The predicted molar refractivity (Wildman–Crippen MR) is 104 cm³/mol. The van der Waals surface area contributed by atoms with Crippen LogP contribution in [0.1, 0.15) is 16.9 Å². The quantitative estimate of drug-likeness (QED) is 0.783. The summed E-state index contributed by atoms with van der Waals surface area (Å²) in [5, 5.41) is 2.70. The summed E-state index contributed by atoms with van der Waals surface area (Å²) in [6, 6.07) is 9.32. The molecule has 5 nitrogen and oxygen atoms in total. The van der Waals surface area contributed by atoms with Gasteiger partial charge in [0.1, 0.15) is 18.0 Å². The number of morpholine rings is 1. The first-order valence-corrected chi connectivity index (χ1v) is 9.77. The molecule has 2 heterocycles. The van der Waals surface area contributed by atoms with Gasteiger partial charge in [0, 0.05) is 29.5 Å². The van der Waals surface area contributed by atoms with Crippen LogP contribution in [0.15, 0.2) is 35.7 Å². The molecule has 0 spiro atoms. The van der Waals surface area contributed by atoms with E-state index in [9.17, 15) is 4.79 Å². The first-order valence-electron chi connectivity index (χ1n) is 8.52. The van der Waals surface area contributed by atoms with Gasteiger partial charge in [0.15, 0.2) is 0 Å². The van der Waals surface area contributed by atoms with Gasteiger partial charge >= 0.3 is 0 Å². The predicted octanol–water partition coefficient (Wildman–Crippen LogP) is 3.24. The third-order valence-electron chi connectivity index (χ3n) is 4.46. The van der Waals surface area contributed by atoms with Crippen LogP contribution in [0.25, 0.3) is 0 Å². The Hall–Kier alpha value is -1.60. The van der Waals surface area contributed by atoms with Crippen molar-refractivity contribution in [3.05, 3.63) is 51.2 Å². The van der Waals surface area contributed by atoms with Crippen LogP contribution in [0.5, 0.6) is 5.75 Å². The van der Waals surface area contributed by atoms with E-state index in [1.165, 1.54) is 10.4 Å². The van der Waals surface area contributed by atoms with Crippen molar-refractivity contribution in [1.82, 2.24) is 4.90 Å². The molecule has 1 aromatic heterocycles. The number of nitrogens with zero attached hydrogens (tertiary/aromatic N) is 1. The number of halogens is 1. The summed E-state index contributed by atoms with van der Waals surface area (Å²) < 4.78 is 11.9. The molecule has 1 amide bonds. The average Bonchev–Trinajstić information content (AvgIpc) is 2.98. The minimum atomic E-state index is -0.752. The first-order chi connectivity index (χ1) is 12.5. The fraction of sp³-hybridized carbons (Fsp3) is 0.421. The maximum atomic E-state index is 11.7. The van der Waals surface area contributed by atoms with Crippen molar-refractivity contribution < 1.29 is 14.3 Å². The third kappa shape index (κ3) is 4.98. The van der Waals surface area contributed by atoms with Crippen molar-refractivity contribution in [3.8, 4) is 5.75 Å². The average molecular weight is 395 g/mol. The van der Waals surface area contributed by atoms with Gasteiger partial charge in [-0.05, 0) is 42.1 Å². The zero-order valence-corrected chi connectivity index (χ0v) is 16.3. The molecule has 1 aromatic carbocycles. The first kappa shape index (κ1) is 19.2. The molecule has 2 aromatic rings. The van der Waals surface area contributed by atoms with Gasteiger partial charge in [0.25, 0.3) is 0 Å². The van der Waals surface area contributed by atoms with Crippen molar-refractivity contribution in [3.63, 3.8) is 0 Å². The van der Waals surface area contributed by atoms with Crippen LogP contribution in [-0.4, -0.2) is 42.7 Å². The smallest absolute Gasteiger partial charge is 0.220 e. The molecule has 1 aliphatic rings. The molecule has 3 rings (SSSR count). The Morgan fingerprint density at radius 2 is 2.31 bits per heavy atom. The van der Waals surface area contributed by atoms with Crippen LogP contribution >= 0.6 is 22.9 Å². The van der Waals surface area contributed by atoms with E-state index in [-0.39, 0.29) is 13.0 Å². The highest BCUT2D eigenvalue weighted by Crippen LogP contribution is 2.27. The molecule has 7 heteroatoms. The van der Waals surface area contributed by atoms with Crippen molar-refractivity contribution in [2.45, 2.75) is 25.5 Å². The van der Waals surface area contributed by atoms with E-state index >= 15 is 0 Å². The standard InChI is InChI=1S/C19H23ClN2O3S/c1-14-5-8-26-17(14)11-22-6-7-25-19(12-22,10-18(21)23)13-24-16-4-2-3-15(20)9-16/h2-5,8-9H,6-7,10-13H2,1H3,(H2,21,23)/t19-/m0/s1. The number of primary amides is 1. The summed E-state index contributed by atoms with van der Waals surface area (Å²) in [5.41, 5.74) is 6.03. The van der Waals surface area contributed by atoms with Gasteiger partial charge in [0.05, 0.1) is 13.0 Å². The van der Waals surface area contributed by atoms with Crippen molar-refractivity contribution in [1.29, 1.82) is 0 Å². The number of carbonyl (C=O) groups excluding carboxylic acids is 1. The van der Waals surface area contributed by atoms with Crippen LogP contribution in [-0.2, 0) is 16.1 Å². The van der Waals surface area contributed by atoms with Crippen LogP contribution in [0.2, 0.25) is 5.02 Å². The fourth-order valence-corrected chi connectivity index (χ4v) is 4.29. The summed E-state index contributed by atoms with van der Waals surface area (Å²) in [7, 11) is 0. The number of rotatable bonds is 7. The molecule has 140 valence electrons. The number of amides is 1. The normalized spacial score (nSPS) is 20.8. The second kappa shape index (κ2) is 8.39. The SMILES string of the molecule is Cc1ccsc1CN1CCO[C@@](COc2cccc(Cl)c2)(CC(N)=O)C1. The second-order valence-electron chi connectivity index (χ2n) is 6.66. The molecular weight excluding hydrogens is 372 g/mol.